The average Bonchev–Trinajstić information content (AvgIpc) is 3.05. The minimum atomic E-state index is -4.63. The van der Waals surface area contributed by atoms with Crippen LogP contribution in [0.25, 0.3) is 0 Å². The molecule has 0 unspecified atom stereocenters. The summed E-state index contributed by atoms with van der Waals surface area (Å²) in [7, 11) is 1.38. The first-order valence-electron chi connectivity index (χ1n) is 14.7. The molecule has 0 aliphatic carbocycles. The van der Waals surface area contributed by atoms with E-state index in [4.69, 9.17) is 27.9 Å². The van der Waals surface area contributed by atoms with E-state index in [0.717, 1.165) is 23.8 Å². The zero-order chi connectivity index (χ0) is 36.4. The fourth-order valence-electron chi connectivity index (χ4n) is 4.48. The van der Waals surface area contributed by atoms with Crippen LogP contribution in [-0.2, 0) is 17.1 Å². The lowest BCUT2D eigenvalue weighted by Gasteiger charge is -2.22. The van der Waals surface area contributed by atoms with Crippen molar-refractivity contribution in [3.8, 4) is 0 Å². The first-order valence-corrected chi connectivity index (χ1v) is 15.5. The summed E-state index contributed by atoms with van der Waals surface area (Å²) in [5, 5.41) is 7.27. The first-order chi connectivity index (χ1) is 23.0. The molecule has 6 nitrogen and oxygen atoms in total. The van der Waals surface area contributed by atoms with Gasteiger partial charge in [0.2, 0.25) is 0 Å². The molecule has 262 valence electrons. The Kier molecular flexibility index (Phi) is 14.1. The lowest BCUT2D eigenvalue weighted by Crippen LogP contribution is -2.38. The highest BCUT2D eigenvalue weighted by Gasteiger charge is 2.36. The Balaban J connectivity index is 0.000000267. The molecule has 0 saturated carbocycles. The number of nitrogens with one attached hydrogen (secondary N) is 3. The van der Waals surface area contributed by atoms with Crippen LogP contribution >= 0.6 is 23.2 Å². The van der Waals surface area contributed by atoms with Crippen LogP contribution in [0.2, 0.25) is 10.0 Å². The van der Waals surface area contributed by atoms with Gasteiger partial charge >= 0.3 is 12.4 Å². The third kappa shape index (κ3) is 11.2. The number of rotatable bonds is 10. The van der Waals surface area contributed by atoms with Gasteiger partial charge in [0.25, 0.3) is 11.8 Å². The second-order valence-electron chi connectivity index (χ2n) is 10.8. The number of methoxy groups -OCH3 is 1. The largest absolute Gasteiger partial charge is 0.417 e. The summed E-state index contributed by atoms with van der Waals surface area (Å²) in [4.78, 5) is 24.8. The van der Waals surface area contributed by atoms with Crippen molar-refractivity contribution in [3.63, 3.8) is 0 Å². The molecule has 4 aromatic rings. The van der Waals surface area contributed by atoms with Crippen molar-refractivity contribution in [1.29, 1.82) is 0 Å². The Morgan fingerprint density at radius 1 is 0.653 bits per heavy atom. The molecular weight excluding hydrogens is 695 g/mol. The molecule has 4 rings (SSSR count). The van der Waals surface area contributed by atoms with E-state index < -0.39 is 57.6 Å². The van der Waals surface area contributed by atoms with Crippen molar-refractivity contribution in [2.24, 2.45) is 0 Å². The van der Waals surface area contributed by atoms with E-state index in [1.807, 2.05) is 44.2 Å². The molecule has 0 spiro atoms. The minimum Gasteiger partial charge on any atom is -0.357 e. The molecule has 0 aliphatic heterocycles. The molecule has 0 aromatic heterocycles. The second kappa shape index (κ2) is 17.5. The summed E-state index contributed by atoms with van der Waals surface area (Å²) >= 11 is 11.6. The van der Waals surface area contributed by atoms with Gasteiger partial charge < -0.3 is 20.7 Å². The van der Waals surface area contributed by atoms with E-state index in [1.165, 1.54) is 25.3 Å². The molecule has 2 amide bonds. The molecule has 3 N–H and O–H groups in total. The van der Waals surface area contributed by atoms with Crippen LogP contribution in [0, 0.1) is 0 Å². The Morgan fingerprint density at radius 3 is 1.49 bits per heavy atom. The van der Waals surface area contributed by atoms with Gasteiger partial charge in [-0.25, -0.2) is 0 Å². The summed E-state index contributed by atoms with van der Waals surface area (Å²) in [6, 6.07) is 24.2. The zero-order valence-electron chi connectivity index (χ0n) is 26.4. The Labute approximate surface area is 289 Å². The molecule has 2 atom stereocenters. The number of carbonyl (C=O) groups is 2. The van der Waals surface area contributed by atoms with Gasteiger partial charge in [-0.15, -0.1) is 0 Å². The number of carbonyl (C=O) groups excluding carboxylic acids is 2. The van der Waals surface area contributed by atoms with Gasteiger partial charge in [0.05, 0.1) is 38.3 Å². The molecule has 14 heteroatoms. The lowest BCUT2D eigenvalue weighted by molar-refractivity contribution is -0.138. The summed E-state index contributed by atoms with van der Waals surface area (Å²) in [6.45, 7) is 4.37. The predicted molar refractivity (Wildman–Crippen MR) is 176 cm³/mol. The standard InChI is InChI=1S/C19H20ClF3N2O.C16H13ClF3NO2/c1-12(2)24-11-16(13-7-4-3-5-8-13)25-18(26)14-9-6-10-15(17(14)20)19(21,22)23;1-23-15(10-6-3-2-4-7-10)21-14(22)11-8-5-9-12(13(11)17)16(18,19)20/h3-10,12,16,24H,11H2,1-2H3,(H,25,26);2-9,15H,1H3,(H,21,22)/t16-;15-/m11/s1. The number of hydrogen-bond acceptors (Lipinski definition) is 4. The van der Waals surface area contributed by atoms with E-state index >= 15 is 0 Å². The normalized spacial score (nSPS) is 12.8. The van der Waals surface area contributed by atoms with Gasteiger partial charge in [-0.3, -0.25) is 9.59 Å². The van der Waals surface area contributed by atoms with Crippen molar-refractivity contribution >= 4 is 35.0 Å². The highest BCUT2D eigenvalue weighted by molar-refractivity contribution is 6.35. The minimum absolute atomic E-state index is 0.190. The Hall–Kier alpha value is -4.10. The van der Waals surface area contributed by atoms with E-state index in [2.05, 4.69) is 16.0 Å². The third-order valence-corrected chi connectivity index (χ3v) is 7.75. The second-order valence-corrected chi connectivity index (χ2v) is 11.6. The monoisotopic (exact) mass is 727 g/mol. The smallest absolute Gasteiger partial charge is 0.357 e. The number of hydrogen-bond donors (Lipinski definition) is 3. The molecule has 0 radical (unpaired) electrons. The van der Waals surface area contributed by atoms with Gasteiger partial charge in [0.15, 0.2) is 6.23 Å². The Morgan fingerprint density at radius 2 is 1.08 bits per heavy atom. The van der Waals surface area contributed by atoms with Crippen LogP contribution in [0.4, 0.5) is 26.3 Å². The van der Waals surface area contributed by atoms with E-state index in [9.17, 15) is 35.9 Å². The first kappa shape index (κ1) is 39.3. The van der Waals surface area contributed by atoms with Crippen molar-refractivity contribution in [1.82, 2.24) is 16.0 Å². The highest BCUT2D eigenvalue weighted by atomic mass is 35.5. The van der Waals surface area contributed by atoms with Gasteiger partial charge in [0, 0.05) is 25.3 Å². The van der Waals surface area contributed by atoms with E-state index in [1.54, 1.807) is 30.3 Å². The molecule has 0 saturated heterocycles. The van der Waals surface area contributed by atoms with Crippen LogP contribution in [0.3, 0.4) is 0 Å². The predicted octanol–water partition coefficient (Wildman–Crippen LogP) is 9.26. The van der Waals surface area contributed by atoms with Crippen molar-refractivity contribution in [3.05, 3.63) is 140 Å². The summed E-state index contributed by atoms with van der Waals surface area (Å²) in [5.74, 6) is -1.41. The summed E-state index contributed by atoms with van der Waals surface area (Å²) < 4.78 is 82.7. The molecular formula is C35H33Cl2F6N3O3. The average molecular weight is 729 g/mol. The van der Waals surface area contributed by atoms with Crippen LogP contribution in [-0.4, -0.2) is 31.5 Å². The van der Waals surface area contributed by atoms with Crippen LogP contribution in [0.15, 0.2) is 97.1 Å². The molecule has 4 aromatic carbocycles. The fourth-order valence-corrected chi connectivity index (χ4v) is 5.12. The van der Waals surface area contributed by atoms with Crippen LogP contribution in [0.5, 0.6) is 0 Å². The zero-order valence-corrected chi connectivity index (χ0v) is 27.9. The van der Waals surface area contributed by atoms with Gasteiger partial charge in [-0.2, -0.15) is 26.3 Å². The quantitative estimate of drug-likeness (QED) is 0.112. The van der Waals surface area contributed by atoms with Gasteiger partial charge in [-0.05, 0) is 29.8 Å². The van der Waals surface area contributed by atoms with Crippen molar-refractivity contribution in [2.75, 3.05) is 13.7 Å². The molecule has 0 fully saturated rings. The van der Waals surface area contributed by atoms with E-state index in [0.29, 0.717) is 12.1 Å². The van der Waals surface area contributed by atoms with E-state index in [-0.39, 0.29) is 17.2 Å². The SMILES string of the molecule is CC(C)NC[C@@H](NC(=O)c1cccc(C(F)(F)F)c1Cl)c1ccccc1.CO[C@@H](NC(=O)c1cccc(C(F)(F)F)c1Cl)c1ccccc1. The van der Waals surface area contributed by atoms with Crippen molar-refractivity contribution < 1.29 is 40.7 Å². The Bertz CT molecular complexity index is 1690. The highest BCUT2D eigenvalue weighted by Crippen LogP contribution is 2.37. The number of alkyl halides is 6. The van der Waals surface area contributed by atoms with Gasteiger partial charge in [0.1, 0.15) is 0 Å². The topological polar surface area (TPSA) is 79.5 Å². The maximum atomic E-state index is 13.0. The van der Waals surface area contributed by atoms with Crippen LogP contribution < -0.4 is 16.0 Å². The number of amides is 2. The number of ether oxygens (including phenoxy) is 1. The summed E-state index contributed by atoms with van der Waals surface area (Å²) in [6.07, 6.45) is -10.0. The maximum absolute atomic E-state index is 13.0. The van der Waals surface area contributed by atoms with Crippen LogP contribution in [0.1, 0.15) is 69.1 Å². The number of benzene rings is 4. The van der Waals surface area contributed by atoms with Crippen molar-refractivity contribution in [2.45, 2.75) is 44.5 Å². The lowest BCUT2D eigenvalue weighted by atomic mass is 10.0. The third-order valence-electron chi connectivity index (χ3n) is 6.94. The van der Waals surface area contributed by atoms with Gasteiger partial charge in [-0.1, -0.05) is 110 Å². The fraction of sp³-hybridized carbons (Fsp3) is 0.257. The molecule has 0 bridgehead atoms. The molecule has 0 heterocycles. The molecule has 0 aliphatic rings. The maximum Gasteiger partial charge on any atom is 0.417 e. The molecule has 49 heavy (non-hydrogen) atoms. The number of halogens is 8. The summed E-state index contributed by atoms with van der Waals surface area (Å²) in [5.41, 5.74) is -1.04.